The highest BCUT2D eigenvalue weighted by Crippen LogP contribution is 2.25. The van der Waals surface area contributed by atoms with Crippen molar-refractivity contribution in [3.05, 3.63) is 82.9 Å². The van der Waals surface area contributed by atoms with Crippen LogP contribution in [0.2, 0.25) is 5.02 Å². The van der Waals surface area contributed by atoms with Crippen LogP contribution in [0, 0.1) is 6.92 Å². The summed E-state index contributed by atoms with van der Waals surface area (Å²) < 4.78 is 33.4. The van der Waals surface area contributed by atoms with E-state index >= 15 is 0 Å². The number of aryl methyl sites for hydroxylation is 1. The van der Waals surface area contributed by atoms with Gasteiger partial charge in [-0.05, 0) is 67.1 Å². The minimum atomic E-state index is -4.04. The number of hydrogen-bond donors (Lipinski definition) is 3. The molecule has 0 radical (unpaired) electrons. The van der Waals surface area contributed by atoms with Crippen LogP contribution in [-0.2, 0) is 14.8 Å². The van der Waals surface area contributed by atoms with Crippen LogP contribution in [0.15, 0.2) is 71.6 Å². The Kier molecular flexibility index (Phi) is 7.01. The monoisotopic (exact) mass is 474 g/mol. The van der Waals surface area contributed by atoms with Crippen molar-refractivity contribution in [3.63, 3.8) is 0 Å². The third kappa shape index (κ3) is 5.77. The van der Waals surface area contributed by atoms with Gasteiger partial charge >= 0.3 is 5.97 Å². The van der Waals surface area contributed by atoms with Crippen LogP contribution >= 0.6 is 11.6 Å². The van der Waals surface area contributed by atoms with Crippen LogP contribution in [0.25, 0.3) is 0 Å². The summed E-state index contributed by atoms with van der Waals surface area (Å²) in [7, 11) is -4.04. The summed E-state index contributed by atoms with van der Waals surface area (Å²) in [5.74, 6) is -1.38. The highest BCUT2D eigenvalue weighted by atomic mass is 35.5. The first-order chi connectivity index (χ1) is 15.2. The molecule has 0 aliphatic carbocycles. The summed E-state index contributed by atoms with van der Waals surface area (Å²) in [6, 6.07) is 16.7. The average Bonchev–Trinajstić information content (AvgIpc) is 2.74. The van der Waals surface area contributed by atoms with Gasteiger partial charge in [0.2, 0.25) is 0 Å². The highest BCUT2D eigenvalue weighted by Gasteiger charge is 2.20. The molecule has 3 aromatic rings. The van der Waals surface area contributed by atoms with E-state index < -0.39 is 28.5 Å². The third-order valence-electron chi connectivity index (χ3n) is 4.33. The van der Waals surface area contributed by atoms with Crippen LogP contribution in [0.5, 0.6) is 5.75 Å². The molecule has 0 heterocycles. The standard InChI is InChI=1S/C22H19ClN2O6S/c1-14-12-17(10-11-20(14)31-13-21(26)27)32(29,30)25-19-5-3-2-4-18(19)22(28)24-16-8-6-15(23)7-9-16/h2-12,25H,13H2,1H3,(H,24,28)(H,26,27). The number of carbonyl (C=O) groups excluding carboxylic acids is 1. The maximum absolute atomic E-state index is 12.9. The number of hydrogen-bond acceptors (Lipinski definition) is 5. The highest BCUT2D eigenvalue weighted by molar-refractivity contribution is 7.92. The first-order valence-electron chi connectivity index (χ1n) is 9.30. The van der Waals surface area contributed by atoms with Crippen molar-refractivity contribution in [2.24, 2.45) is 0 Å². The Hall–Kier alpha value is -3.56. The van der Waals surface area contributed by atoms with Crippen LogP contribution in [0.4, 0.5) is 11.4 Å². The molecule has 0 bridgehead atoms. The largest absolute Gasteiger partial charge is 0.482 e. The number of benzene rings is 3. The molecule has 0 saturated carbocycles. The Labute approximate surface area is 189 Å². The van der Waals surface area contributed by atoms with Crippen molar-refractivity contribution in [3.8, 4) is 5.75 Å². The second-order valence-electron chi connectivity index (χ2n) is 6.72. The minimum Gasteiger partial charge on any atom is -0.482 e. The Morgan fingerprint density at radius 2 is 1.72 bits per heavy atom. The number of halogens is 1. The lowest BCUT2D eigenvalue weighted by atomic mass is 10.1. The van der Waals surface area contributed by atoms with Gasteiger partial charge in [0.05, 0.1) is 16.1 Å². The van der Waals surface area contributed by atoms with Gasteiger partial charge < -0.3 is 15.2 Å². The molecule has 0 aliphatic heterocycles. The van der Waals surface area contributed by atoms with E-state index in [0.717, 1.165) is 0 Å². The molecule has 8 nitrogen and oxygen atoms in total. The van der Waals surface area contributed by atoms with Crippen molar-refractivity contribution in [2.45, 2.75) is 11.8 Å². The quantitative estimate of drug-likeness (QED) is 0.450. The van der Waals surface area contributed by atoms with Gasteiger partial charge in [-0.25, -0.2) is 13.2 Å². The van der Waals surface area contributed by atoms with Gasteiger partial charge in [0.1, 0.15) is 5.75 Å². The number of carboxylic acids is 1. The van der Waals surface area contributed by atoms with Gasteiger partial charge in [0, 0.05) is 10.7 Å². The van der Waals surface area contributed by atoms with Crippen molar-refractivity contribution in [1.29, 1.82) is 0 Å². The summed E-state index contributed by atoms with van der Waals surface area (Å²) in [6.07, 6.45) is 0. The van der Waals surface area contributed by atoms with E-state index in [0.29, 0.717) is 16.3 Å². The van der Waals surface area contributed by atoms with E-state index in [9.17, 15) is 18.0 Å². The molecule has 0 atom stereocenters. The number of rotatable bonds is 8. The van der Waals surface area contributed by atoms with Gasteiger partial charge in [-0.3, -0.25) is 9.52 Å². The summed E-state index contributed by atoms with van der Waals surface area (Å²) >= 11 is 5.85. The number of nitrogens with one attached hydrogen (secondary N) is 2. The number of amides is 1. The van der Waals surface area contributed by atoms with Crippen LogP contribution in [0.3, 0.4) is 0 Å². The fourth-order valence-corrected chi connectivity index (χ4v) is 4.09. The lowest BCUT2D eigenvalue weighted by Crippen LogP contribution is -2.19. The molecule has 0 unspecified atom stereocenters. The lowest BCUT2D eigenvalue weighted by Gasteiger charge is -2.14. The predicted octanol–water partition coefficient (Wildman–Crippen LogP) is 4.16. The fourth-order valence-electron chi connectivity index (χ4n) is 2.80. The van der Waals surface area contributed by atoms with Gasteiger partial charge in [-0.1, -0.05) is 23.7 Å². The molecule has 3 aromatic carbocycles. The smallest absolute Gasteiger partial charge is 0.341 e. The molecule has 0 saturated heterocycles. The topological polar surface area (TPSA) is 122 Å². The van der Waals surface area contributed by atoms with Gasteiger partial charge in [0.15, 0.2) is 6.61 Å². The molecule has 1 amide bonds. The zero-order chi connectivity index (χ0) is 23.3. The SMILES string of the molecule is Cc1cc(S(=O)(=O)Nc2ccccc2C(=O)Nc2ccc(Cl)cc2)ccc1OCC(=O)O. The zero-order valence-corrected chi connectivity index (χ0v) is 18.4. The molecule has 0 aromatic heterocycles. The van der Waals surface area contributed by atoms with Crippen LogP contribution in [0.1, 0.15) is 15.9 Å². The number of ether oxygens (including phenoxy) is 1. The Balaban J connectivity index is 1.82. The van der Waals surface area contributed by atoms with Crippen molar-refractivity contribution < 1.29 is 27.9 Å². The van der Waals surface area contributed by atoms with Crippen LogP contribution in [-0.4, -0.2) is 32.0 Å². The molecule has 10 heteroatoms. The maximum Gasteiger partial charge on any atom is 0.341 e. The summed E-state index contributed by atoms with van der Waals surface area (Å²) in [4.78, 5) is 23.3. The molecule has 3 rings (SSSR count). The van der Waals surface area contributed by atoms with E-state index in [1.807, 2.05) is 0 Å². The first kappa shape index (κ1) is 23.1. The normalized spacial score (nSPS) is 10.9. The van der Waals surface area contributed by atoms with Crippen LogP contribution < -0.4 is 14.8 Å². The Bertz CT molecular complexity index is 1260. The van der Waals surface area contributed by atoms with E-state index in [1.165, 1.54) is 30.3 Å². The first-order valence-corrected chi connectivity index (χ1v) is 11.2. The Morgan fingerprint density at radius 3 is 2.38 bits per heavy atom. The predicted molar refractivity (Wildman–Crippen MR) is 121 cm³/mol. The summed E-state index contributed by atoms with van der Waals surface area (Å²) in [5.41, 5.74) is 1.18. The fraction of sp³-hybridized carbons (Fsp3) is 0.0909. The lowest BCUT2D eigenvalue weighted by molar-refractivity contribution is -0.139. The maximum atomic E-state index is 12.9. The number of carbonyl (C=O) groups is 2. The van der Waals surface area contributed by atoms with Gasteiger partial charge in [0.25, 0.3) is 15.9 Å². The molecule has 32 heavy (non-hydrogen) atoms. The average molecular weight is 475 g/mol. The molecule has 0 spiro atoms. The second kappa shape index (κ2) is 9.71. The number of anilines is 2. The number of carboxylic acid groups (broad SMARTS) is 1. The number of sulfonamides is 1. The number of para-hydroxylation sites is 1. The minimum absolute atomic E-state index is 0.0643. The summed E-state index contributed by atoms with van der Waals surface area (Å²) in [6.45, 7) is 1.06. The van der Waals surface area contributed by atoms with Crippen molar-refractivity contribution in [2.75, 3.05) is 16.6 Å². The third-order valence-corrected chi connectivity index (χ3v) is 5.94. The zero-order valence-electron chi connectivity index (χ0n) is 16.8. The van der Waals surface area contributed by atoms with E-state index in [1.54, 1.807) is 43.3 Å². The van der Waals surface area contributed by atoms with E-state index in [2.05, 4.69) is 10.0 Å². The van der Waals surface area contributed by atoms with E-state index in [-0.39, 0.29) is 21.9 Å². The van der Waals surface area contributed by atoms with Crippen molar-refractivity contribution in [1.82, 2.24) is 0 Å². The molecule has 3 N–H and O–H groups in total. The van der Waals surface area contributed by atoms with Gasteiger partial charge in [-0.2, -0.15) is 0 Å². The van der Waals surface area contributed by atoms with Crippen molar-refractivity contribution >= 4 is 44.9 Å². The molecular formula is C22H19ClN2O6S. The Morgan fingerprint density at radius 1 is 1.03 bits per heavy atom. The van der Waals surface area contributed by atoms with E-state index in [4.69, 9.17) is 21.4 Å². The number of aliphatic carboxylic acids is 1. The summed E-state index contributed by atoms with van der Waals surface area (Å²) in [5, 5.41) is 11.9. The second-order valence-corrected chi connectivity index (χ2v) is 8.84. The molecule has 166 valence electrons. The van der Waals surface area contributed by atoms with Gasteiger partial charge in [-0.15, -0.1) is 0 Å². The molecule has 0 aliphatic rings. The molecule has 0 fully saturated rings. The molecular weight excluding hydrogens is 456 g/mol.